The number of amides is 1. The van der Waals surface area contributed by atoms with Crippen molar-refractivity contribution in [2.75, 3.05) is 0 Å². The van der Waals surface area contributed by atoms with Crippen molar-refractivity contribution in [2.45, 2.75) is 26.3 Å². The van der Waals surface area contributed by atoms with E-state index in [1.165, 1.54) is 5.56 Å². The predicted octanol–water partition coefficient (Wildman–Crippen LogP) is 3.45. The van der Waals surface area contributed by atoms with Gasteiger partial charge in [0.1, 0.15) is 11.3 Å². The lowest BCUT2D eigenvalue weighted by Crippen LogP contribution is -2.24. The molecule has 0 radical (unpaired) electrons. The minimum atomic E-state index is -0.0475. The molecule has 0 saturated heterocycles. The highest BCUT2D eigenvalue weighted by atomic mass is 16.3. The Hall–Kier alpha value is -2.49. The largest absolute Gasteiger partial charge is 0.467 e. The zero-order valence-corrected chi connectivity index (χ0v) is 11.9. The Bertz CT molecular complexity index is 741. The zero-order chi connectivity index (χ0) is 14.7. The summed E-state index contributed by atoms with van der Waals surface area (Å²) >= 11 is 0. The molecule has 0 bridgehead atoms. The Morgan fingerprint density at radius 1 is 1.24 bits per heavy atom. The van der Waals surface area contributed by atoms with Gasteiger partial charge in [-0.05, 0) is 30.2 Å². The molecule has 0 saturated carbocycles. The first kappa shape index (κ1) is 13.5. The Balaban J connectivity index is 1.68. The fourth-order valence-electron chi connectivity index (χ4n) is 2.32. The van der Waals surface area contributed by atoms with E-state index in [2.05, 4.69) is 18.3 Å². The molecule has 0 unspecified atom stereocenters. The van der Waals surface area contributed by atoms with E-state index < -0.39 is 0 Å². The smallest absolute Gasteiger partial charge is 0.224 e. The van der Waals surface area contributed by atoms with Crippen molar-refractivity contribution in [3.8, 4) is 0 Å². The summed E-state index contributed by atoms with van der Waals surface area (Å²) in [5.41, 5.74) is 2.97. The van der Waals surface area contributed by atoms with Crippen molar-refractivity contribution in [3.05, 3.63) is 59.7 Å². The van der Waals surface area contributed by atoms with Crippen LogP contribution in [0.3, 0.4) is 0 Å². The van der Waals surface area contributed by atoms with E-state index in [4.69, 9.17) is 8.83 Å². The lowest BCUT2D eigenvalue weighted by atomic mass is 10.1. The Kier molecular flexibility index (Phi) is 3.77. The summed E-state index contributed by atoms with van der Waals surface area (Å²) in [6.07, 6.45) is 4.53. The zero-order valence-electron chi connectivity index (χ0n) is 11.9. The molecule has 0 aliphatic rings. The number of carbonyl (C=O) groups excluding carboxylic acids is 1. The first-order chi connectivity index (χ1) is 10.3. The molecular formula is C17H17NO3. The molecule has 3 rings (SSSR count). The van der Waals surface area contributed by atoms with Crippen LogP contribution in [0.4, 0.5) is 0 Å². The number of furan rings is 2. The molecule has 4 heteroatoms. The lowest BCUT2D eigenvalue weighted by Gasteiger charge is -2.02. The molecule has 2 heterocycles. The lowest BCUT2D eigenvalue weighted by molar-refractivity contribution is -0.120. The van der Waals surface area contributed by atoms with Gasteiger partial charge in [-0.3, -0.25) is 4.79 Å². The molecule has 2 aromatic heterocycles. The summed E-state index contributed by atoms with van der Waals surface area (Å²) in [5, 5.41) is 3.84. The first-order valence-corrected chi connectivity index (χ1v) is 7.04. The van der Waals surface area contributed by atoms with Gasteiger partial charge in [0.05, 0.1) is 25.5 Å². The molecule has 4 nitrogen and oxygen atoms in total. The molecule has 0 fully saturated rings. The van der Waals surface area contributed by atoms with Gasteiger partial charge in [0, 0.05) is 10.9 Å². The van der Waals surface area contributed by atoms with Crippen molar-refractivity contribution in [2.24, 2.45) is 0 Å². The third-order valence-electron chi connectivity index (χ3n) is 3.52. The second-order valence-corrected chi connectivity index (χ2v) is 4.98. The molecule has 21 heavy (non-hydrogen) atoms. The summed E-state index contributed by atoms with van der Waals surface area (Å²) in [7, 11) is 0. The molecule has 0 spiro atoms. The standard InChI is InChI=1S/C17H17NO3/c1-2-12-5-6-15-13(11-21-16(15)8-12)9-17(19)18-10-14-4-3-7-20-14/h3-8,11H,2,9-10H2,1H3,(H,18,19). The van der Waals surface area contributed by atoms with Gasteiger partial charge < -0.3 is 14.2 Å². The van der Waals surface area contributed by atoms with Gasteiger partial charge in [-0.25, -0.2) is 0 Å². The van der Waals surface area contributed by atoms with Crippen molar-refractivity contribution in [1.82, 2.24) is 5.32 Å². The summed E-state index contributed by atoms with van der Waals surface area (Å²) in [6, 6.07) is 9.75. The van der Waals surface area contributed by atoms with Gasteiger partial charge in [0.15, 0.2) is 0 Å². The van der Waals surface area contributed by atoms with Crippen LogP contribution in [0.25, 0.3) is 11.0 Å². The summed E-state index contributed by atoms with van der Waals surface area (Å²) in [5.74, 6) is 0.696. The van der Waals surface area contributed by atoms with E-state index in [-0.39, 0.29) is 5.91 Å². The van der Waals surface area contributed by atoms with Gasteiger partial charge in [0.2, 0.25) is 5.91 Å². The first-order valence-electron chi connectivity index (χ1n) is 7.04. The number of hydrogen-bond acceptors (Lipinski definition) is 3. The quantitative estimate of drug-likeness (QED) is 0.780. The van der Waals surface area contributed by atoms with Crippen molar-refractivity contribution >= 4 is 16.9 Å². The van der Waals surface area contributed by atoms with Crippen LogP contribution in [0.5, 0.6) is 0 Å². The average molecular weight is 283 g/mol. The third-order valence-corrected chi connectivity index (χ3v) is 3.52. The monoisotopic (exact) mass is 283 g/mol. The van der Waals surface area contributed by atoms with E-state index in [1.54, 1.807) is 18.6 Å². The highest BCUT2D eigenvalue weighted by Gasteiger charge is 2.11. The van der Waals surface area contributed by atoms with Crippen LogP contribution in [-0.2, 0) is 24.2 Å². The van der Waals surface area contributed by atoms with Crippen molar-refractivity contribution < 1.29 is 13.6 Å². The number of hydrogen-bond donors (Lipinski definition) is 1. The van der Waals surface area contributed by atoms with Crippen LogP contribution in [0.15, 0.2) is 51.7 Å². The molecular weight excluding hydrogens is 266 g/mol. The maximum absolute atomic E-state index is 12.0. The average Bonchev–Trinajstić information content (AvgIpc) is 3.14. The Morgan fingerprint density at radius 2 is 2.14 bits per heavy atom. The fraction of sp³-hybridized carbons (Fsp3) is 0.235. The topological polar surface area (TPSA) is 55.4 Å². The highest BCUT2D eigenvalue weighted by Crippen LogP contribution is 2.23. The van der Waals surface area contributed by atoms with E-state index in [9.17, 15) is 4.79 Å². The van der Waals surface area contributed by atoms with Crippen LogP contribution in [0.2, 0.25) is 0 Å². The summed E-state index contributed by atoms with van der Waals surface area (Å²) < 4.78 is 10.7. The van der Waals surface area contributed by atoms with Crippen LogP contribution < -0.4 is 5.32 Å². The highest BCUT2D eigenvalue weighted by molar-refractivity contribution is 5.87. The van der Waals surface area contributed by atoms with Gasteiger partial charge >= 0.3 is 0 Å². The van der Waals surface area contributed by atoms with Gasteiger partial charge in [-0.15, -0.1) is 0 Å². The number of fused-ring (bicyclic) bond motifs is 1. The molecule has 1 N–H and O–H groups in total. The minimum Gasteiger partial charge on any atom is -0.467 e. The number of rotatable bonds is 5. The van der Waals surface area contributed by atoms with Crippen LogP contribution in [0, 0.1) is 0 Å². The van der Waals surface area contributed by atoms with Crippen LogP contribution in [-0.4, -0.2) is 5.91 Å². The SMILES string of the molecule is CCc1ccc2c(CC(=O)NCc3ccco3)coc2c1. The Labute approximate surface area is 122 Å². The predicted molar refractivity (Wildman–Crippen MR) is 79.9 cm³/mol. The summed E-state index contributed by atoms with van der Waals surface area (Å²) in [4.78, 5) is 12.0. The molecule has 0 atom stereocenters. The second-order valence-electron chi connectivity index (χ2n) is 4.98. The summed E-state index contributed by atoms with van der Waals surface area (Å²) in [6.45, 7) is 2.51. The molecule has 3 aromatic rings. The van der Waals surface area contributed by atoms with Gasteiger partial charge in [0.25, 0.3) is 0 Å². The van der Waals surface area contributed by atoms with E-state index in [1.807, 2.05) is 18.2 Å². The number of benzene rings is 1. The van der Waals surface area contributed by atoms with E-state index in [0.29, 0.717) is 13.0 Å². The molecule has 108 valence electrons. The van der Waals surface area contributed by atoms with E-state index >= 15 is 0 Å². The van der Waals surface area contributed by atoms with Gasteiger partial charge in [-0.2, -0.15) is 0 Å². The number of aryl methyl sites for hydroxylation is 1. The van der Waals surface area contributed by atoms with E-state index in [0.717, 1.165) is 28.7 Å². The van der Waals surface area contributed by atoms with Crippen LogP contribution in [0.1, 0.15) is 23.8 Å². The third kappa shape index (κ3) is 2.99. The van der Waals surface area contributed by atoms with Crippen LogP contribution >= 0.6 is 0 Å². The van der Waals surface area contributed by atoms with Crippen molar-refractivity contribution in [3.63, 3.8) is 0 Å². The maximum atomic E-state index is 12.0. The molecule has 0 aliphatic carbocycles. The van der Waals surface area contributed by atoms with Gasteiger partial charge in [-0.1, -0.05) is 19.1 Å². The number of nitrogens with one attached hydrogen (secondary N) is 1. The minimum absolute atomic E-state index is 0.0475. The normalized spacial score (nSPS) is 10.9. The van der Waals surface area contributed by atoms with Crippen molar-refractivity contribution in [1.29, 1.82) is 0 Å². The Morgan fingerprint density at radius 3 is 2.90 bits per heavy atom. The number of carbonyl (C=O) groups is 1. The molecule has 1 amide bonds. The fourth-order valence-corrected chi connectivity index (χ4v) is 2.32. The second kappa shape index (κ2) is 5.87. The maximum Gasteiger partial charge on any atom is 0.224 e. The molecule has 0 aliphatic heterocycles. The molecule has 1 aromatic carbocycles.